The largest absolute Gasteiger partial charge is 0.493 e. The summed E-state index contributed by atoms with van der Waals surface area (Å²) in [5, 5.41) is 3.11. The summed E-state index contributed by atoms with van der Waals surface area (Å²) in [5.41, 5.74) is 1.23. The lowest BCUT2D eigenvalue weighted by Crippen LogP contribution is -2.31. The van der Waals surface area contributed by atoms with E-state index in [4.69, 9.17) is 14.2 Å². The minimum absolute atomic E-state index is 0. The van der Waals surface area contributed by atoms with Gasteiger partial charge in [-0.05, 0) is 24.1 Å². The maximum Gasteiger partial charge on any atom is 0.323 e. The van der Waals surface area contributed by atoms with Crippen LogP contribution in [0.3, 0.4) is 0 Å². The highest BCUT2D eigenvalue weighted by Crippen LogP contribution is 2.30. The van der Waals surface area contributed by atoms with Crippen molar-refractivity contribution in [2.45, 2.75) is 38.3 Å². The first-order valence-electron chi connectivity index (χ1n) is 7.32. The molecule has 0 aromatic heterocycles. The molecule has 0 amide bonds. The summed E-state index contributed by atoms with van der Waals surface area (Å²) >= 11 is 0. The van der Waals surface area contributed by atoms with E-state index in [1.165, 1.54) is 12.7 Å². The monoisotopic (exact) mass is 329 g/mol. The molecule has 0 spiro atoms. The second-order valence-electron chi connectivity index (χ2n) is 5.19. The first-order valence-corrected chi connectivity index (χ1v) is 7.32. The van der Waals surface area contributed by atoms with Crippen molar-refractivity contribution in [3.05, 3.63) is 23.8 Å². The molecule has 22 heavy (non-hydrogen) atoms. The molecule has 0 aliphatic carbocycles. The molecule has 1 aliphatic rings. The number of nitrogens with one attached hydrogen (secondary N) is 1. The molecule has 1 aromatic carbocycles. The van der Waals surface area contributed by atoms with E-state index in [-0.39, 0.29) is 30.5 Å². The van der Waals surface area contributed by atoms with Gasteiger partial charge in [0.2, 0.25) is 0 Å². The lowest BCUT2D eigenvalue weighted by Gasteiger charge is -2.16. The molecular formula is C16H24ClNO4. The third kappa shape index (κ3) is 4.52. The molecule has 2 rings (SSSR count). The number of carbonyl (C=O) groups excluding carboxylic acids is 1. The molecular weight excluding hydrogens is 306 g/mol. The molecule has 0 bridgehead atoms. The van der Waals surface area contributed by atoms with Gasteiger partial charge in [0.25, 0.3) is 0 Å². The number of halogens is 1. The topological polar surface area (TPSA) is 56.8 Å². The Morgan fingerprint density at radius 1 is 1.32 bits per heavy atom. The van der Waals surface area contributed by atoms with E-state index in [1.807, 2.05) is 12.1 Å². The number of carbonyl (C=O) groups is 1. The molecule has 1 aliphatic heterocycles. The second kappa shape index (κ2) is 8.86. The van der Waals surface area contributed by atoms with Crippen molar-refractivity contribution in [1.29, 1.82) is 0 Å². The van der Waals surface area contributed by atoms with E-state index in [0.717, 1.165) is 24.3 Å². The van der Waals surface area contributed by atoms with Gasteiger partial charge in [-0.25, -0.2) is 0 Å². The number of hydrogen-bond acceptors (Lipinski definition) is 5. The quantitative estimate of drug-likeness (QED) is 0.812. The molecule has 1 aromatic rings. The normalized spacial score (nSPS) is 20.1. The van der Waals surface area contributed by atoms with Gasteiger partial charge in [-0.2, -0.15) is 0 Å². The van der Waals surface area contributed by atoms with Gasteiger partial charge in [0.15, 0.2) is 11.5 Å². The molecule has 6 heteroatoms. The number of aryl methyl sites for hydroxylation is 1. The molecule has 1 N–H and O–H groups in total. The van der Waals surface area contributed by atoms with E-state index in [1.54, 1.807) is 7.11 Å². The Bertz CT molecular complexity index is 495. The third-order valence-electron chi connectivity index (χ3n) is 3.64. The van der Waals surface area contributed by atoms with Gasteiger partial charge in [-0.15, -0.1) is 12.4 Å². The maximum atomic E-state index is 11.5. The van der Waals surface area contributed by atoms with Crippen molar-refractivity contribution < 1.29 is 19.0 Å². The second-order valence-corrected chi connectivity index (χ2v) is 5.19. The molecule has 0 unspecified atom stereocenters. The van der Waals surface area contributed by atoms with Crippen molar-refractivity contribution in [2.75, 3.05) is 20.8 Å². The molecule has 1 heterocycles. The number of ether oxygens (including phenoxy) is 3. The van der Waals surface area contributed by atoms with Crippen LogP contribution in [0.4, 0.5) is 0 Å². The Labute approximate surface area is 137 Å². The molecule has 1 saturated heterocycles. The average Bonchev–Trinajstić information content (AvgIpc) is 2.96. The van der Waals surface area contributed by atoms with E-state index < -0.39 is 0 Å². The fourth-order valence-corrected chi connectivity index (χ4v) is 2.55. The highest BCUT2D eigenvalue weighted by Gasteiger charge is 2.31. The third-order valence-corrected chi connectivity index (χ3v) is 3.64. The van der Waals surface area contributed by atoms with E-state index in [9.17, 15) is 4.79 Å². The van der Waals surface area contributed by atoms with Crippen molar-refractivity contribution in [1.82, 2.24) is 5.32 Å². The van der Waals surface area contributed by atoms with Gasteiger partial charge in [0.1, 0.15) is 12.1 Å². The molecule has 0 radical (unpaired) electrons. The summed E-state index contributed by atoms with van der Waals surface area (Å²) < 4.78 is 16.1. The van der Waals surface area contributed by atoms with Crippen molar-refractivity contribution >= 4 is 18.4 Å². The predicted octanol–water partition coefficient (Wildman–Crippen LogP) is 2.35. The van der Waals surface area contributed by atoms with Crippen LogP contribution in [0.1, 0.15) is 25.3 Å². The maximum absolute atomic E-state index is 11.5. The zero-order valence-electron chi connectivity index (χ0n) is 13.3. The average molecular weight is 330 g/mol. The highest BCUT2D eigenvalue weighted by molar-refractivity contribution is 5.85. The van der Waals surface area contributed by atoms with E-state index in [0.29, 0.717) is 13.0 Å². The van der Waals surface area contributed by atoms with Gasteiger partial charge in [0.05, 0.1) is 14.2 Å². The lowest BCUT2D eigenvalue weighted by molar-refractivity contribution is -0.142. The summed E-state index contributed by atoms with van der Waals surface area (Å²) in [4.78, 5) is 11.5. The zero-order chi connectivity index (χ0) is 15.2. The number of benzene rings is 1. The molecule has 5 nitrogen and oxygen atoms in total. The van der Waals surface area contributed by atoms with Gasteiger partial charge >= 0.3 is 5.97 Å². The summed E-state index contributed by atoms with van der Waals surface area (Å²) in [5.74, 6) is 1.21. The predicted molar refractivity (Wildman–Crippen MR) is 87.1 cm³/mol. The molecule has 1 fully saturated rings. The van der Waals surface area contributed by atoms with Crippen molar-refractivity contribution in [3.8, 4) is 11.5 Å². The number of methoxy groups -OCH3 is 2. The number of esters is 1. The van der Waals surface area contributed by atoms with Crippen LogP contribution in [-0.4, -0.2) is 38.9 Å². The number of hydrogen-bond donors (Lipinski definition) is 1. The lowest BCUT2D eigenvalue weighted by atomic mass is 10.1. The Balaban J connectivity index is 0.00000242. The Hall–Kier alpha value is -1.46. The minimum atomic E-state index is -0.287. The Morgan fingerprint density at radius 3 is 2.73 bits per heavy atom. The van der Waals surface area contributed by atoms with Gasteiger partial charge in [-0.3, -0.25) is 4.79 Å². The SMILES string of the molecule is CCCc1ccc(O[C@@H]2CN[C@H](C(=O)OC)C2)c(OC)c1.Cl. The first kappa shape index (κ1) is 18.6. The summed E-state index contributed by atoms with van der Waals surface area (Å²) in [6, 6.07) is 5.72. The molecule has 0 saturated carbocycles. The van der Waals surface area contributed by atoms with Crippen LogP contribution in [0.25, 0.3) is 0 Å². The fraction of sp³-hybridized carbons (Fsp3) is 0.562. The van der Waals surface area contributed by atoms with Crippen LogP contribution < -0.4 is 14.8 Å². The molecule has 124 valence electrons. The first-order chi connectivity index (χ1) is 10.2. The van der Waals surface area contributed by atoms with E-state index in [2.05, 4.69) is 18.3 Å². The van der Waals surface area contributed by atoms with Gasteiger partial charge in [0, 0.05) is 13.0 Å². The standard InChI is InChI=1S/C16H23NO4.ClH/c1-4-5-11-6-7-14(15(8-11)19-2)21-12-9-13(17-10-12)16(18)20-3;/h6-8,12-13,17H,4-5,9-10H2,1-3H3;1H/t12-,13-;/m0./s1. The minimum Gasteiger partial charge on any atom is -0.493 e. The Morgan fingerprint density at radius 2 is 2.09 bits per heavy atom. The van der Waals surface area contributed by atoms with Crippen LogP contribution in [0.15, 0.2) is 18.2 Å². The Kier molecular flexibility index (Phi) is 7.48. The van der Waals surface area contributed by atoms with Crippen LogP contribution in [-0.2, 0) is 16.0 Å². The number of rotatable bonds is 6. The summed E-state index contributed by atoms with van der Waals surface area (Å²) in [7, 11) is 3.04. The summed E-state index contributed by atoms with van der Waals surface area (Å²) in [6.07, 6.45) is 2.66. The zero-order valence-corrected chi connectivity index (χ0v) is 14.1. The van der Waals surface area contributed by atoms with Crippen LogP contribution in [0.2, 0.25) is 0 Å². The molecule has 2 atom stereocenters. The summed E-state index contributed by atoms with van der Waals surface area (Å²) in [6.45, 7) is 2.77. The van der Waals surface area contributed by atoms with Crippen LogP contribution in [0, 0.1) is 0 Å². The fourth-order valence-electron chi connectivity index (χ4n) is 2.55. The van der Waals surface area contributed by atoms with Crippen molar-refractivity contribution in [2.24, 2.45) is 0 Å². The van der Waals surface area contributed by atoms with Crippen LogP contribution in [0.5, 0.6) is 11.5 Å². The highest BCUT2D eigenvalue weighted by atomic mass is 35.5. The van der Waals surface area contributed by atoms with E-state index >= 15 is 0 Å². The van der Waals surface area contributed by atoms with Gasteiger partial charge in [-0.1, -0.05) is 19.4 Å². The van der Waals surface area contributed by atoms with Crippen LogP contribution >= 0.6 is 12.4 Å². The van der Waals surface area contributed by atoms with Gasteiger partial charge < -0.3 is 19.5 Å². The van der Waals surface area contributed by atoms with Crippen molar-refractivity contribution in [3.63, 3.8) is 0 Å². The smallest absolute Gasteiger partial charge is 0.323 e.